The highest BCUT2D eigenvalue weighted by molar-refractivity contribution is 7.89. The van der Waals surface area contributed by atoms with Gasteiger partial charge in [0, 0.05) is 23.7 Å². The van der Waals surface area contributed by atoms with Crippen molar-refractivity contribution in [2.24, 2.45) is 5.41 Å². The van der Waals surface area contributed by atoms with E-state index in [0.717, 1.165) is 44.1 Å². The minimum Gasteiger partial charge on any atom is -0.351 e. The smallest absolute Gasteiger partial charge is 0.228 e. The van der Waals surface area contributed by atoms with E-state index in [2.05, 4.69) is 5.32 Å². The molecule has 3 aliphatic rings. The minimum atomic E-state index is -3.24. The monoisotopic (exact) mass is 396 g/mol. The Labute approximate surface area is 160 Å². The van der Waals surface area contributed by atoms with E-state index in [1.54, 1.807) is 4.31 Å². The second-order valence-electron chi connectivity index (χ2n) is 7.85. The third kappa shape index (κ3) is 3.27. The van der Waals surface area contributed by atoms with Crippen LogP contribution in [-0.4, -0.2) is 36.5 Å². The SMILES string of the molecule is O=C(NCc1ccc(Cl)cc1)[C@@]12CCCC[C@H]1N(C1CC1)S(=O)(=O)CC2. The third-order valence-electron chi connectivity index (χ3n) is 6.15. The predicted molar refractivity (Wildman–Crippen MR) is 101 cm³/mol. The summed E-state index contributed by atoms with van der Waals surface area (Å²) in [5.74, 6) is 0.103. The van der Waals surface area contributed by atoms with Crippen molar-refractivity contribution < 1.29 is 13.2 Å². The molecule has 0 radical (unpaired) electrons. The summed E-state index contributed by atoms with van der Waals surface area (Å²) in [7, 11) is -3.24. The minimum absolute atomic E-state index is 0.0118. The second-order valence-corrected chi connectivity index (χ2v) is 10.3. The molecule has 1 N–H and O–H groups in total. The van der Waals surface area contributed by atoms with Crippen LogP contribution in [0, 0.1) is 5.41 Å². The summed E-state index contributed by atoms with van der Waals surface area (Å²) in [6.45, 7) is 0.445. The van der Waals surface area contributed by atoms with Gasteiger partial charge in [-0.25, -0.2) is 8.42 Å². The van der Waals surface area contributed by atoms with Crippen LogP contribution in [0.25, 0.3) is 0 Å². The zero-order chi connectivity index (χ0) is 18.4. The van der Waals surface area contributed by atoms with Crippen LogP contribution in [0.3, 0.4) is 0 Å². The second kappa shape index (κ2) is 6.80. The van der Waals surface area contributed by atoms with Gasteiger partial charge in [-0.1, -0.05) is 36.6 Å². The number of amides is 1. The van der Waals surface area contributed by atoms with Gasteiger partial charge in [-0.2, -0.15) is 4.31 Å². The molecule has 26 heavy (non-hydrogen) atoms. The van der Waals surface area contributed by atoms with Crippen LogP contribution in [0.15, 0.2) is 24.3 Å². The van der Waals surface area contributed by atoms with E-state index < -0.39 is 15.4 Å². The van der Waals surface area contributed by atoms with Gasteiger partial charge in [-0.3, -0.25) is 4.79 Å². The van der Waals surface area contributed by atoms with Crippen LogP contribution in [0.1, 0.15) is 50.5 Å². The first-order chi connectivity index (χ1) is 12.4. The standard InChI is InChI=1S/C19H25ClN2O3S/c20-15-6-4-14(5-7-15)13-21-18(23)19-10-2-1-3-17(19)22(16-8-9-16)26(24,25)12-11-19/h4-7,16-17H,1-3,8-13H2,(H,21,23)/t17-,19-/m1/s1. The maximum absolute atomic E-state index is 13.2. The Morgan fingerprint density at radius 3 is 2.58 bits per heavy atom. The molecule has 1 aromatic rings. The predicted octanol–water partition coefficient (Wildman–Crippen LogP) is 3.08. The molecule has 1 aliphatic heterocycles. The lowest BCUT2D eigenvalue weighted by atomic mass is 9.67. The van der Waals surface area contributed by atoms with Crippen molar-refractivity contribution in [2.45, 2.75) is 63.6 Å². The number of hydrogen-bond acceptors (Lipinski definition) is 3. The van der Waals surface area contributed by atoms with Gasteiger partial charge >= 0.3 is 0 Å². The average Bonchev–Trinajstić information content (AvgIpc) is 3.45. The van der Waals surface area contributed by atoms with Crippen molar-refractivity contribution in [1.29, 1.82) is 0 Å². The van der Waals surface area contributed by atoms with E-state index in [1.165, 1.54) is 0 Å². The molecular formula is C19H25ClN2O3S. The summed E-state index contributed by atoms with van der Waals surface area (Å²) in [4.78, 5) is 13.2. The summed E-state index contributed by atoms with van der Waals surface area (Å²) in [5.41, 5.74) is 0.424. The molecule has 7 heteroatoms. The van der Waals surface area contributed by atoms with Gasteiger partial charge in [0.2, 0.25) is 15.9 Å². The number of carbonyl (C=O) groups is 1. The highest BCUT2D eigenvalue weighted by Gasteiger charge is 2.58. The molecule has 2 atom stereocenters. The fraction of sp³-hybridized carbons (Fsp3) is 0.632. The van der Waals surface area contributed by atoms with E-state index in [9.17, 15) is 13.2 Å². The number of benzene rings is 1. The van der Waals surface area contributed by atoms with Gasteiger partial charge < -0.3 is 5.32 Å². The van der Waals surface area contributed by atoms with Gasteiger partial charge in [0.15, 0.2) is 0 Å². The maximum atomic E-state index is 13.2. The van der Waals surface area contributed by atoms with Crippen LogP contribution >= 0.6 is 11.6 Å². The largest absolute Gasteiger partial charge is 0.351 e. The molecule has 1 saturated heterocycles. The molecule has 0 unspecified atom stereocenters. The molecule has 2 aliphatic carbocycles. The topological polar surface area (TPSA) is 66.5 Å². The quantitative estimate of drug-likeness (QED) is 0.850. The lowest BCUT2D eigenvalue weighted by Gasteiger charge is -2.51. The Morgan fingerprint density at radius 1 is 1.15 bits per heavy atom. The zero-order valence-electron chi connectivity index (χ0n) is 14.8. The van der Waals surface area contributed by atoms with Crippen molar-refractivity contribution in [3.8, 4) is 0 Å². The molecule has 0 spiro atoms. The molecule has 1 amide bonds. The lowest BCUT2D eigenvalue weighted by molar-refractivity contribution is -0.137. The molecule has 3 fully saturated rings. The van der Waals surface area contributed by atoms with Crippen LogP contribution in [0.5, 0.6) is 0 Å². The summed E-state index contributed by atoms with van der Waals surface area (Å²) in [5, 5.41) is 3.75. The van der Waals surface area contributed by atoms with Gasteiger partial charge in [0.25, 0.3) is 0 Å². The Hall–Kier alpha value is -1.11. The highest BCUT2D eigenvalue weighted by atomic mass is 35.5. The molecule has 1 aromatic carbocycles. The van der Waals surface area contributed by atoms with Crippen LogP contribution in [0.2, 0.25) is 5.02 Å². The van der Waals surface area contributed by atoms with Crippen LogP contribution in [0.4, 0.5) is 0 Å². The average molecular weight is 397 g/mol. The zero-order valence-corrected chi connectivity index (χ0v) is 16.4. The third-order valence-corrected chi connectivity index (χ3v) is 8.32. The number of halogens is 1. The van der Waals surface area contributed by atoms with Gasteiger partial charge in [-0.15, -0.1) is 0 Å². The van der Waals surface area contributed by atoms with E-state index in [0.29, 0.717) is 18.0 Å². The van der Waals surface area contributed by atoms with Gasteiger partial charge in [0.05, 0.1) is 11.2 Å². The first kappa shape index (κ1) is 18.3. The van der Waals surface area contributed by atoms with Gasteiger partial charge in [-0.05, 0) is 49.8 Å². The Kier molecular flexibility index (Phi) is 4.78. The van der Waals surface area contributed by atoms with Crippen molar-refractivity contribution in [2.75, 3.05) is 5.75 Å². The fourth-order valence-corrected chi connectivity index (χ4v) is 6.96. The van der Waals surface area contributed by atoms with Crippen molar-refractivity contribution in [3.05, 3.63) is 34.9 Å². The first-order valence-corrected chi connectivity index (χ1v) is 11.5. The van der Waals surface area contributed by atoms with Crippen LogP contribution < -0.4 is 5.32 Å². The number of sulfonamides is 1. The molecule has 142 valence electrons. The Bertz CT molecular complexity index is 792. The normalized spacial score (nSPS) is 31.2. The Balaban J connectivity index is 1.55. The molecular weight excluding hydrogens is 372 g/mol. The molecule has 4 rings (SSSR count). The maximum Gasteiger partial charge on any atom is 0.228 e. The van der Waals surface area contributed by atoms with E-state index in [-0.39, 0.29) is 23.7 Å². The lowest BCUT2D eigenvalue weighted by Crippen LogP contribution is -2.63. The van der Waals surface area contributed by atoms with E-state index in [4.69, 9.17) is 11.6 Å². The molecule has 5 nitrogen and oxygen atoms in total. The number of hydrogen-bond donors (Lipinski definition) is 1. The van der Waals surface area contributed by atoms with E-state index in [1.807, 2.05) is 24.3 Å². The van der Waals surface area contributed by atoms with Crippen molar-refractivity contribution in [3.63, 3.8) is 0 Å². The summed E-state index contributed by atoms with van der Waals surface area (Å²) in [6, 6.07) is 7.38. The fourth-order valence-electron chi connectivity index (χ4n) is 4.64. The highest BCUT2D eigenvalue weighted by Crippen LogP contribution is 2.50. The molecule has 0 bridgehead atoms. The molecule has 2 saturated carbocycles. The van der Waals surface area contributed by atoms with Crippen molar-refractivity contribution in [1.82, 2.24) is 9.62 Å². The van der Waals surface area contributed by atoms with Crippen molar-refractivity contribution >= 4 is 27.5 Å². The number of fused-ring (bicyclic) bond motifs is 1. The Morgan fingerprint density at radius 2 is 1.88 bits per heavy atom. The summed E-state index contributed by atoms with van der Waals surface area (Å²) < 4.78 is 27.1. The number of nitrogens with zero attached hydrogens (tertiary/aromatic N) is 1. The summed E-state index contributed by atoms with van der Waals surface area (Å²) >= 11 is 5.91. The van der Waals surface area contributed by atoms with Gasteiger partial charge in [0.1, 0.15) is 0 Å². The summed E-state index contributed by atoms with van der Waals surface area (Å²) in [6.07, 6.45) is 5.86. The molecule has 1 heterocycles. The number of nitrogens with one attached hydrogen (secondary N) is 1. The van der Waals surface area contributed by atoms with E-state index >= 15 is 0 Å². The number of rotatable bonds is 4. The number of carbonyl (C=O) groups excluding carboxylic acids is 1. The first-order valence-electron chi connectivity index (χ1n) is 9.46. The molecule has 0 aromatic heterocycles. The van der Waals surface area contributed by atoms with Crippen LogP contribution in [-0.2, 0) is 21.4 Å².